The summed E-state index contributed by atoms with van der Waals surface area (Å²) in [5.74, 6) is 6.47. The largest absolute Gasteiger partial charge is 0.342 e. The molecule has 0 aromatic carbocycles. The van der Waals surface area contributed by atoms with Gasteiger partial charge in [0.05, 0.1) is 22.8 Å². The number of nitrogens with zero attached hydrogens (tertiary/aromatic N) is 2. The summed E-state index contributed by atoms with van der Waals surface area (Å²) in [6.07, 6.45) is 0. The van der Waals surface area contributed by atoms with Crippen LogP contribution in [-0.4, -0.2) is 22.6 Å². The normalized spacial score (nSPS) is 9.95. The quantitative estimate of drug-likeness (QED) is 0.822. The molecule has 2 aromatic heterocycles. The molecule has 0 aliphatic carbocycles. The molecule has 20 heavy (non-hydrogen) atoms. The van der Waals surface area contributed by atoms with E-state index in [9.17, 15) is 4.79 Å². The van der Waals surface area contributed by atoms with E-state index in [1.165, 1.54) is 11.3 Å². The van der Waals surface area contributed by atoms with Crippen LogP contribution in [0, 0.1) is 25.7 Å². The van der Waals surface area contributed by atoms with Crippen LogP contribution in [0.15, 0.2) is 10.6 Å². The second-order valence-corrected chi connectivity index (χ2v) is 5.10. The number of aryl methyl sites for hydroxylation is 2. The number of rotatable bonds is 3. The fourth-order valence-electron chi connectivity index (χ4n) is 1.50. The molecular formula is C13H14N4O2S. The van der Waals surface area contributed by atoms with Crippen molar-refractivity contribution in [2.45, 2.75) is 20.4 Å². The Morgan fingerprint density at radius 2 is 2.35 bits per heavy atom. The Morgan fingerprint density at radius 3 is 3.00 bits per heavy atom. The van der Waals surface area contributed by atoms with Gasteiger partial charge in [-0.2, -0.15) is 4.98 Å². The summed E-state index contributed by atoms with van der Waals surface area (Å²) in [7, 11) is 0. The van der Waals surface area contributed by atoms with E-state index in [0.29, 0.717) is 23.1 Å². The van der Waals surface area contributed by atoms with Gasteiger partial charge in [-0.05, 0) is 25.5 Å². The summed E-state index contributed by atoms with van der Waals surface area (Å²) >= 11 is 1.34. The molecule has 0 bridgehead atoms. The topological polar surface area (TPSA) is 94.0 Å². The molecule has 6 nitrogen and oxygen atoms in total. The fraction of sp³-hybridized carbons (Fsp3) is 0.308. The summed E-state index contributed by atoms with van der Waals surface area (Å²) < 4.78 is 4.92. The van der Waals surface area contributed by atoms with Crippen LogP contribution in [0.25, 0.3) is 0 Å². The van der Waals surface area contributed by atoms with Crippen molar-refractivity contribution < 1.29 is 9.32 Å². The van der Waals surface area contributed by atoms with E-state index in [2.05, 4.69) is 27.3 Å². The molecule has 2 aromatic rings. The fourth-order valence-corrected chi connectivity index (χ4v) is 2.47. The lowest BCUT2D eigenvalue weighted by Crippen LogP contribution is -2.21. The molecule has 0 aliphatic rings. The first-order chi connectivity index (χ1) is 9.60. The van der Waals surface area contributed by atoms with Crippen molar-refractivity contribution in [2.75, 3.05) is 6.54 Å². The molecule has 0 aliphatic heterocycles. The molecule has 0 radical (unpaired) electrons. The molecular weight excluding hydrogens is 276 g/mol. The number of aromatic nitrogens is 2. The number of nitrogens with one attached hydrogen (secondary N) is 1. The molecule has 104 valence electrons. The van der Waals surface area contributed by atoms with E-state index in [1.807, 2.05) is 6.92 Å². The van der Waals surface area contributed by atoms with Crippen LogP contribution >= 0.6 is 11.3 Å². The Labute approximate surface area is 120 Å². The number of hydrogen-bond donors (Lipinski definition) is 2. The molecule has 2 heterocycles. The van der Waals surface area contributed by atoms with Crippen molar-refractivity contribution in [3.05, 3.63) is 33.1 Å². The predicted octanol–water partition coefficient (Wildman–Crippen LogP) is 0.988. The maximum absolute atomic E-state index is 12.0. The van der Waals surface area contributed by atoms with E-state index in [0.717, 1.165) is 10.4 Å². The number of carbonyl (C=O) groups excluding carboxylic acids is 1. The Hall–Kier alpha value is -2.17. The number of nitrogens with two attached hydrogens (primary N) is 1. The molecule has 3 N–H and O–H groups in total. The van der Waals surface area contributed by atoms with Crippen LogP contribution < -0.4 is 11.1 Å². The second-order valence-electron chi connectivity index (χ2n) is 4.05. The van der Waals surface area contributed by atoms with Crippen molar-refractivity contribution in [1.82, 2.24) is 15.5 Å². The minimum atomic E-state index is -0.185. The van der Waals surface area contributed by atoms with Gasteiger partial charge >= 0.3 is 0 Å². The highest BCUT2D eigenvalue weighted by molar-refractivity contribution is 7.14. The van der Waals surface area contributed by atoms with Gasteiger partial charge in [0.2, 0.25) is 5.89 Å². The van der Waals surface area contributed by atoms with Crippen LogP contribution in [0.3, 0.4) is 0 Å². The summed E-state index contributed by atoms with van der Waals surface area (Å²) in [6, 6.07) is 1.81. The van der Waals surface area contributed by atoms with Gasteiger partial charge in [-0.15, -0.1) is 11.3 Å². The molecule has 0 atom stereocenters. The van der Waals surface area contributed by atoms with Crippen LogP contribution in [0.4, 0.5) is 0 Å². The lowest BCUT2D eigenvalue weighted by atomic mass is 10.2. The van der Waals surface area contributed by atoms with Gasteiger partial charge < -0.3 is 15.6 Å². The molecule has 1 amide bonds. The second kappa shape index (κ2) is 6.32. The average molecular weight is 290 g/mol. The zero-order chi connectivity index (χ0) is 14.5. The predicted molar refractivity (Wildman–Crippen MR) is 75.2 cm³/mol. The van der Waals surface area contributed by atoms with Crippen molar-refractivity contribution in [3.63, 3.8) is 0 Å². The van der Waals surface area contributed by atoms with E-state index in [1.54, 1.807) is 13.0 Å². The van der Waals surface area contributed by atoms with Crippen molar-refractivity contribution in [3.8, 4) is 11.8 Å². The highest BCUT2D eigenvalue weighted by Crippen LogP contribution is 2.20. The third-order valence-corrected chi connectivity index (χ3v) is 3.57. The highest BCUT2D eigenvalue weighted by Gasteiger charge is 2.12. The first-order valence-electron chi connectivity index (χ1n) is 5.97. The van der Waals surface area contributed by atoms with Crippen molar-refractivity contribution in [2.24, 2.45) is 5.73 Å². The summed E-state index contributed by atoms with van der Waals surface area (Å²) in [5.41, 5.74) is 6.30. The zero-order valence-corrected chi connectivity index (χ0v) is 12.0. The smallest absolute Gasteiger partial charge is 0.261 e. The average Bonchev–Trinajstić information content (AvgIpc) is 3.00. The molecule has 7 heteroatoms. The number of hydrogen-bond acceptors (Lipinski definition) is 6. The highest BCUT2D eigenvalue weighted by atomic mass is 32.1. The molecule has 0 saturated carbocycles. The number of amides is 1. The van der Waals surface area contributed by atoms with E-state index in [4.69, 9.17) is 10.3 Å². The number of thiophene rings is 1. The van der Waals surface area contributed by atoms with Crippen LogP contribution in [0.2, 0.25) is 0 Å². The number of carbonyl (C=O) groups is 1. The molecule has 0 unspecified atom stereocenters. The van der Waals surface area contributed by atoms with E-state index in [-0.39, 0.29) is 12.5 Å². The maximum atomic E-state index is 12.0. The monoisotopic (exact) mass is 290 g/mol. The Bertz CT molecular complexity index is 678. The Morgan fingerprint density at radius 1 is 1.55 bits per heavy atom. The summed E-state index contributed by atoms with van der Waals surface area (Å²) in [5, 5.41) is 6.38. The van der Waals surface area contributed by atoms with E-state index >= 15 is 0 Å². The van der Waals surface area contributed by atoms with Gasteiger partial charge in [0.15, 0.2) is 5.82 Å². The summed E-state index contributed by atoms with van der Waals surface area (Å²) in [6.45, 7) is 4.14. The van der Waals surface area contributed by atoms with Crippen LogP contribution in [0.1, 0.15) is 31.8 Å². The van der Waals surface area contributed by atoms with Gasteiger partial charge in [-0.25, -0.2) is 0 Å². The first kappa shape index (κ1) is 14.2. The van der Waals surface area contributed by atoms with Gasteiger partial charge in [0.1, 0.15) is 0 Å². The van der Waals surface area contributed by atoms with Gasteiger partial charge in [-0.1, -0.05) is 17.0 Å². The van der Waals surface area contributed by atoms with Crippen molar-refractivity contribution >= 4 is 17.2 Å². The maximum Gasteiger partial charge on any atom is 0.261 e. The molecule has 0 spiro atoms. The minimum absolute atomic E-state index is 0.185. The third kappa shape index (κ3) is 3.44. The van der Waals surface area contributed by atoms with Crippen LogP contribution in [0.5, 0.6) is 0 Å². The van der Waals surface area contributed by atoms with Gasteiger partial charge in [-0.3, -0.25) is 4.79 Å². The van der Waals surface area contributed by atoms with Crippen LogP contribution in [-0.2, 0) is 6.54 Å². The minimum Gasteiger partial charge on any atom is -0.342 e. The first-order valence-corrected chi connectivity index (χ1v) is 6.78. The standard InChI is InChI=1S/C13H14N4O2S/c1-8-6-11(20-10(8)4-3-5-14)13(18)15-7-12-16-9(2)17-19-12/h6H,5,7,14H2,1-2H3,(H,15,18). The molecule has 0 saturated heterocycles. The Balaban J connectivity index is 2.02. The Kier molecular flexibility index (Phi) is 4.50. The van der Waals surface area contributed by atoms with Gasteiger partial charge in [0, 0.05) is 0 Å². The van der Waals surface area contributed by atoms with Crippen molar-refractivity contribution in [1.29, 1.82) is 0 Å². The molecule has 0 fully saturated rings. The lowest BCUT2D eigenvalue weighted by molar-refractivity contribution is 0.0950. The molecule has 2 rings (SSSR count). The zero-order valence-electron chi connectivity index (χ0n) is 11.2. The SMILES string of the molecule is Cc1noc(CNC(=O)c2cc(C)c(C#CCN)s2)n1. The van der Waals surface area contributed by atoms with E-state index < -0.39 is 0 Å². The third-order valence-electron chi connectivity index (χ3n) is 2.42. The van der Waals surface area contributed by atoms with Gasteiger partial charge in [0.25, 0.3) is 5.91 Å². The lowest BCUT2D eigenvalue weighted by Gasteiger charge is -1.98. The summed E-state index contributed by atoms with van der Waals surface area (Å²) in [4.78, 5) is 17.5.